The second-order valence-corrected chi connectivity index (χ2v) is 7.53. The lowest BCUT2D eigenvalue weighted by atomic mass is 9.95. The van der Waals surface area contributed by atoms with Gasteiger partial charge in [0.25, 0.3) is 0 Å². The second kappa shape index (κ2) is 7.07. The van der Waals surface area contributed by atoms with E-state index in [1.807, 2.05) is 4.68 Å². The number of hydrogen-bond acceptors (Lipinski definition) is 5. The average Bonchev–Trinajstić information content (AvgIpc) is 3.15. The van der Waals surface area contributed by atoms with Crippen molar-refractivity contribution in [1.29, 1.82) is 0 Å². The van der Waals surface area contributed by atoms with Crippen LogP contribution in [0.5, 0.6) is 0 Å². The number of rotatable bonds is 6. The minimum atomic E-state index is 0.528. The maximum atomic E-state index is 4.60. The first-order valence-electron chi connectivity index (χ1n) is 9.32. The van der Waals surface area contributed by atoms with Crippen LogP contribution < -0.4 is 0 Å². The molecular formula is C18H27N7. The maximum absolute atomic E-state index is 4.60. The minimum absolute atomic E-state index is 0.528. The standard InChI is InChI=1S/C18H27N7/c1-14(2)5-8-23-9-6-15(7-10-23)18-22-21-17(25(18)16-3-4-16)11-24-13-19-12-20-24/h5,12-13,15-16H,3-4,6-11H2,1-2H3. The Kier molecular flexibility index (Phi) is 4.65. The fourth-order valence-electron chi connectivity index (χ4n) is 3.60. The molecule has 1 saturated carbocycles. The third-order valence-corrected chi connectivity index (χ3v) is 5.19. The van der Waals surface area contributed by atoms with Gasteiger partial charge in [-0.1, -0.05) is 11.6 Å². The first kappa shape index (κ1) is 16.4. The summed E-state index contributed by atoms with van der Waals surface area (Å²) in [5.41, 5.74) is 1.40. The summed E-state index contributed by atoms with van der Waals surface area (Å²) in [5, 5.41) is 13.3. The van der Waals surface area contributed by atoms with Gasteiger partial charge in [0, 0.05) is 18.5 Å². The lowest BCUT2D eigenvalue weighted by Gasteiger charge is -2.31. The topological polar surface area (TPSA) is 64.7 Å². The summed E-state index contributed by atoms with van der Waals surface area (Å²) >= 11 is 0. The van der Waals surface area contributed by atoms with Crippen molar-refractivity contribution in [2.24, 2.45) is 0 Å². The monoisotopic (exact) mass is 341 g/mol. The molecule has 0 spiro atoms. The van der Waals surface area contributed by atoms with Gasteiger partial charge in [-0.15, -0.1) is 10.2 Å². The summed E-state index contributed by atoms with van der Waals surface area (Å²) < 4.78 is 4.23. The van der Waals surface area contributed by atoms with Gasteiger partial charge in [0.05, 0.1) is 0 Å². The fraction of sp³-hybridized carbons (Fsp3) is 0.667. The Hall–Kier alpha value is -2.02. The summed E-state index contributed by atoms with van der Waals surface area (Å²) in [6.45, 7) is 8.35. The van der Waals surface area contributed by atoms with E-state index in [-0.39, 0.29) is 0 Å². The molecule has 0 N–H and O–H groups in total. The van der Waals surface area contributed by atoms with Gasteiger partial charge in [0.15, 0.2) is 5.82 Å². The van der Waals surface area contributed by atoms with Crippen LogP contribution in [0, 0.1) is 0 Å². The molecule has 1 saturated heterocycles. The highest BCUT2D eigenvalue weighted by Crippen LogP contribution is 2.39. The van der Waals surface area contributed by atoms with Gasteiger partial charge in [0.2, 0.25) is 0 Å². The molecule has 0 unspecified atom stereocenters. The van der Waals surface area contributed by atoms with Crippen molar-refractivity contribution >= 4 is 0 Å². The molecule has 0 bridgehead atoms. The Labute approximate surface area is 148 Å². The van der Waals surface area contributed by atoms with Crippen LogP contribution in [0.3, 0.4) is 0 Å². The van der Waals surface area contributed by atoms with E-state index < -0.39 is 0 Å². The molecule has 2 aromatic heterocycles. The highest BCUT2D eigenvalue weighted by atomic mass is 15.4. The van der Waals surface area contributed by atoms with Crippen molar-refractivity contribution in [3.8, 4) is 0 Å². The molecule has 25 heavy (non-hydrogen) atoms. The number of piperidine rings is 1. The number of allylic oxidation sites excluding steroid dienone is 1. The van der Waals surface area contributed by atoms with E-state index in [4.69, 9.17) is 0 Å². The molecule has 134 valence electrons. The van der Waals surface area contributed by atoms with Crippen molar-refractivity contribution in [2.75, 3.05) is 19.6 Å². The van der Waals surface area contributed by atoms with Crippen molar-refractivity contribution in [3.05, 3.63) is 36.0 Å². The van der Waals surface area contributed by atoms with Crippen LogP contribution in [0.2, 0.25) is 0 Å². The molecule has 2 aromatic rings. The number of likely N-dealkylation sites (tertiary alicyclic amines) is 1. The van der Waals surface area contributed by atoms with Crippen molar-refractivity contribution in [1.82, 2.24) is 34.4 Å². The zero-order valence-corrected chi connectivity index (χ0v) is 15.2. The smallest absolute Gasteiger partial charge is 0.155 e. The second-order valence-electron chi connectivity index (χ2n) is 7.53. The zero-order valence-electron chi connectivity index (χ0n) is 15.2. The predicted octanol–water partition coefficient (Wildman–Crippen LogP) is 2.40. The molecule has 1 aliphatic carbocycles. The molecule has 2 aliphatic rings. The van der Waals surface area contributed by atoms with Crippen LogP contribution in [0.15, 0.2) is 24.3 Å². The lowest BCUT2D eigenvalue weighted by Crippen LogP contribution is -2.34. The Morgan fingerprint density at radius 2 is 1.96 bits per heavy atom. The molecule has 0 amide bonds. The number of nitrogens with zero attached hydrogens (tertiary/aromatic N) is 7. The van der Waals surface area contributed by atoms with Gasteiger partial charge in [-0.25, -0.2) is 9.67 Å². The van der Waals surface area contributed by atoms with Crippen LogP contribution in [0.25, 0.3) is 0 Å². The molecule has 0 aromatic carbocycles. The van der Waals surface area contributed by atoms with E-state index in [1.165, 1.54) is 37.1 Å². The first-order chi connectivity index (χ1) is 12.2. The van der Waals surface area contributed by atoms with E-state index in [0.717, 1.165) is 25.5 Å². The Balaban J connectivity index is 1.46. The highest BCUT2D eigenvalue weighted by Gasteiger charge is 2.33. The Morgan fingerprint density at radius 3 is 2.60 bits per heavy atom. The van der Waals surface area contributed by atoms with E-state index in [9.17, 15) is 0 Å². The van der Waals surface area contributed by atoms with Crippen molar-refractivity contribution in [2.45, 2.75) is 58.0 Å². The fourth-order valence-corrected chi connectivity index (χ4v) is 3.60. The molecule has 0 atom stereocenters. The van der Waals surface area contributed by atoms with Gasteiger partial charge >= 0.3 is 0 Å². The Bertz CT molecular complexity index is 715. The molecule has 0 radical (unpaired) electrons. The van der Waals surface area contributed by atoms with Crippen molar-refractivity contribution < 1.29 is 0 Å². The first-order valence-corrected chi connectivity index (χ1v) is 9.32. The molecule has 3 heterocycles. The van der Waals surface area contributed by atoms with Crippen molar-refractivity contribution in [3.63, 3.8) is 0 Å². The number of aromatic nitrogens is 6. The minimum Gasteiger partial charge on any atom is -0.310 e. The van der Waals surface area contributed by atoms with Gasteiger partial charge in [-0.05, 0) is 52.6 Å². The molecular weight excluding hydrogens is 314 g/mol. The van der Waals surface area contributed by atoms with E-state index in [0.29, 0.717) is 18.5 Å². The molecule has 4 rings (SSSR count). The van der Waals surface area contributed by atoms with Crippen LogP contribution in [0.4, 0.5) is 0 Å². The molecule has 1 aliphatic heterocycles. The normalized spacial score (nSPS) is 19.3. The number of hydrogen-bond donors (Lipinski definition) is 0. The Morgan fingerprint density at radius 1 is 1.16 bits per heavy atom. The predicted molar refractivity (Wildman–Crippen MR) is 95.3 cm³/mol. The van der Waals surface area contributed by atoms with Gasteiger partial charge in [-0.2, -0.15) is 5.10 Å². The summed E-state index contributed by atoms with van der Waals surface area (Å²) in [4.78, 5) is 6.57. The highest BCUT2D eigenvalue weighted by molar-refractivity contribution is 5.09. The van der Waals surface area contributed by atoms with Crippen LogP contribution in [0.1, 0.15) is 63.1 Å². The van der Waals surface area contributed by atoms with Crippen LogP contribution in [-0.4, -0.2) is 54.1 Å². The third kappa shape index (κ3) is 3.81. The van der Waals surface area contributed by atoms with E-state index >= 15 is 0 Å². The summed E-state index contributed by atoms with van der Waals surface area (Å²) in [7, 11) is 0. The van der Waals surface area contributed by atoms with Gasteiger partial charge in [-0.3, -0.25) is 4.90 Å². The molecule has 7 heteroatoms. The molecule has 2 fully saturated rings. The van der Waals surface area contributed by atoms with Gasteiger partial charge in [0.1, 0.15) is 25.0 Å². The van der Waals surface area contributed by atoms with Crippen LogP contribution >= 0.6 is 0 Å². The summed E-state index contributed by atoms with van der Waals surface area (Å²) in [5.74, 6) is 2.75. The SMILES string of the molecule is CC(C)=CCN1CCC(c2nnc(Cn3cncn3)n2C2CC2)CC1. The maximum Gasteiger partial charge on any atom is 0.155 e. The third-order valence-electron chi connectivity index (χ3n) is 5.19. The van der Waals surface area contributed by atoms with E-state index in [1.54, 1.807) is 12.7 Å². The van der Waals surface area contributed by atoms with Crippen LogP contribution in [-0.2, 0) is 6.54 Å². The largest absolute Gasteiger partial charge is 0.310 e. The lowest BCUT2D eigenvalue weighted by molar-refractivity contribution is 0.226. The van der Waals surface area contributed by atoms with Gasteiger partial charge < -0.3 is 4.57 Å². The summed E-state index contributed by atoms with van der Waals surface area (Å²) in [6, 6.07) is 0.590. The summed E-state index contributed by atoms with van der Waals surface area (Å²) in [6.07, 6.45) is 10.5. The average molecular weight is 341 g/mol. The quantitative estimate of drug-likeness (QED) is 0.755. The molecule has 7 nitrogen and oxygen atoms in total. The zero-order chi connectivity index (χ0) is 17.2. The van der Waals surface area contributed by atoms with E-state index in [2.05, 4.69) is 49.7 Å².